The molecule has 0 N–H and O–H groups in total. The van der Waals surface area contributed by atoms with Crippen molar-refractivity contribution in [1.29, 1.82) is 5.26 Å². The third-order valence-corrected chi connectivity index (χ3v) is 3.51. The van der Waals surface area contributed by atoms with Gasteiger partial charge in [0.1, 0.15) is 0 Å². The molecule has 0 amide bonds. The number of rotatable bonds is 4. The van der Waals surface area contributed by atoms with E-state index in [1.165, 1.54) is 19.3 Å². The first kappa shape index (κ1) is 11.5. The Morgan fingerprint density at radius 1 is 1.50 bits per heavy atom. The van der Waals surface area contributed by atoms with Crippen LogP contribution >= 0.6 is 0 Å². The summed E-state index contributed by atoms with van der Waals surface area (Å²) < 4.78 is 0. The van der Waals surface area contributed by atoms with Crippen molar-refractivity contribution in [1.82, 2.24) is 4.90 Å². The van der Waals surface area contributed by atoms with Crippen LogP contribution in [0.5, 0.6) is 0 Å². The molecule has 0 aromatic rings. The topological polar surface area (TPSA) is 27.0 Å². The lowest BCUT2D eigenvalue weighted by atomic mass is 10.0. The first-order chi connectivity index (χ1) is 6.69. The molecule has 14 heavy (non-hydrogen) atoms. The van der Waals surface area contributed by atoms with E-state index in [9.17, 15) is 0 Å². The fourth-order valence-electron chi connectivity index (χ4n) is 2.37. The maximum atomic E-state index is 9.00. The van der Waals surface area contributed by atoms with E-state index >= 15 is 0 Å². The van der Waals surface area contributed by atoms with Crippen LogP contribution in [0.1, 0.15) is 39.5 Å². The molecule has 0 aromatic heterocycles. The van der Waals surface area contributed by atoms with Gasteiger partial charge in [0, 0.05) is 12.6 Å². The summed E-state index contributed by atoms with van der Waals surface area (Å²) in [6.45, 7) is 5.65. The van der Waals surface area contributed by atoms with Crippen molar-refractivity contribution < 1.29 is 0 Å². The second-order valence-corrected chi connectivity index (χ2v) is 4.69. The van der Waals surface area contributed by atoms with E-state index in [1.807, 2.05) is 0 Å². The van der Waals surface area contributed by atoms with Crippen molar-refractivity contribution in [3.05, 3.63) is 0 Å². The Morgan fingerprint density at radius 2 is 2.21 bits per heavy atom. The summed E-state index contributed by atoms with van der Waals surface area (Å²) in [5.74, 6) is 1.03. The lowest BCUT2D eigenvalue weighted by molar-refractivity contribution is 0.191. The summed E-state index contributed by atoms with van der Waals surface area (Å²) in [5, 5.41) is 9.00. The van der Waals surface area contributed by atoms with Gasteiger partial charge in [0.15, 0.2) is 0 Å². The predicted octanol–water partition coefficient (Wildman–Crippen LogP) is 2.66. The lowest BCUT2D eigenvalue weighted by Crippen LogP contribution is -2.36. The van der Waals surface area contributed by atoms with Gasteiger partial charge in [0.25, 0.3) is 0 Å². The van der Waals surface area contributed by atoms with Gasteiger partial charge in [-0.2, -0.15) is 5.26 Å². The molecule has 0 heterocycles. The highest BCUT2D eigenvalue weighted by atomic mass is 15.1. The van der Waals surface area contributed by atoms with Gasteiger partial charge in [-0.1, -0.05) is 26.7 Å². The highest BCUT2D eigenvalue weighted by Crippen LogP contribution is 2.29. The van der Waals surface area contributed by atoms with Crippen LogP contribution in [0.4, 0.5) is 0 Å². The van der Waals surface area contributed by atoms with E-state index in [4.69, 9.17) is 5.26 Å². The maximum Gasteiger partial charge on any atom is 0.0672 e. The molecule has 2 nitrogen and oxygen atoms in total. The van der Waals surface area contributed by atoms with E-state index in [1.54, 1.807) is 0 Å². The van der Waals surface area contributed by atoms with Crippen LogP contribution in [0.3, 0.4) is 0 Å². The summed E-state index contributed by atoms with van der Waals surface area (Å²) >= 11 is 0. The zero-order valence-electron chi connectivity index (χ0n) is 9.66. The van der Waals surface area contributed by atoms with Gasteiger partial charge in [-0.15, -0.1) is 0 Å². The fourth-order valence-corrected chi connectivity index (χ4v) is 2.37. The monoisotopic (exact) mass is 194 g/mol. The number of nitrogens with zero attached hydrogens (tertiary/aromatic N) is 2. The molecule has 3 atom stereocenters. The Bertz CT molecular complexity index is 207. The van der Waals surface area contributed by atoms with Gasteiger partial charge in [-0.3, -0.25) is 0 Å². The van der Waals surface area contributed by atoms with Crippen molar-refractivity contribution in [3.8, 4) is 6.07 Å². The molecule has 0 bridgehead atoms. The number of nitriles is 1. The minimum Gasteiger partial charge on any atom is -0.302 e. The molecule has 0 spiro atoms. The van der Waals surface area contributed by atoms with Crippen LogP contribution in [-0.4, -0.2) is 24.5 Å². The second-order valence-electron chi connectivity index (χ2n) is 4.69. The Hall–Kier alpha value is -0.550. The summed E-state index contributed by atoms with van der Waals surface area (Å²) in [4.78, 5) is 2.40. The van der Waals surface area contributed by atoms with Crippen molar-refractivity contribution in [3.63, 3.8) is 0 Å². The molecule has 0 radical (unpaired) electrons. The average molecular weight is 194 g/mol. The molecular formula is C12H22N2. The molecule has 0 aromatic carbocycles. The summed E-state index contributed by atoms with van der Waals surface area (Å²) in [5.41, 5.74) is 0. The fraction of sp³-hybridized carbons (Fsp3) is 0.917. The van der Waals surface area contributed by atoms with Gasteiger partial charge in [0.05, 0.1) is 12.0 Å². The largest absolute Gasteiger partial charge is 0.302 e. The molecule has 2 heteroatoms. The van der Waals surface area contributed by atoms with E-state index in [-0.39, 0.29) is 5.92 Å². The Balaban J connectivity index is 2.43. The van der Waals surface area contributed by atoms with Gasteiger partial charge >= 0.3 is 0 Å². The first-order valence-corrected chi connectivity index (χ1v) is 5.78. The van der Waals surface area contributed by atoms with Crippen LogP contribution in [-0.2, 0) is 0 Å². The molecule has 1 aliphatic carbocycles. The molecule has 1 saturated carbocycles. The summed E-state index contributed by atoms with van der Waals surface area (Å²) in [7, 11) is 2.17. The SMILES string of the molecule is CCC(C)CN(C)C1CCCC1C#N. The smallest absolute Gasteiger partial charge is 0.0672 e. The zero-order valence-corrected chi connectivity index (χ0v) is 9.66. The Morgan fingerprint density at radius 3 is 2.79 bits per heavy atom. The summed E-state index contributed by atoms with van der Waals surface area (Å²) in [6.07, 6.45) is 4.78. The van der Waals surface area contributed by atoms with E-state index in [0.717, 1.165) is 18.9 Å². The van der Waals surface area contributed by atoms with E-state index < -0.39 is 0 Å². The number of hydrogen-bond acceptors (Lipinski definition) is 2. The average Bonchev–Trinajstić information content (AvgIpc) is 2.65. The number of hydrogen-bond donors (Lipinski definition) is 0. The molecule has 80 valence electrons. The second kappa shape index (κ2) is 5.36. The van der Waals surface area contributed by atoms with Gasteiger partial charge in [-0.25, -0.2) is 0 Å². The van der Waals surface area contributed by atoms with Gasteiger partial charge < -0.3 is 4.90 Å². The van der Waals surface area contributed by atoms with Crippen molar-refractivity contribution in [2.45, 2.75) is 45.6 Å². The first-order valence-electron chi connectivity index (χ1n) is 5.78. The minimum atomic E-state index is 0.282. The predicted molar refractivity (Wildman–Crippen MR) is 58.8 cm³/mol. The van der Waals surface area contributed by atoms with Crippen LogP contribution in [0.2, 0.25) is 0 Å². The highest BCUT2D eigenvalue weighted by Gasteiger charge is 2.30. The van der Waals surface area contributed by atoms with Crippen LogP contribution in [0.25, 0.3) is 0 Å². The van der Waals surface area contributed by atoms with Crippen LogP contribution in [0.15, 0.2) is 0 Å². The minimum absolute atomic E-state index is 0.282. The quantitative estimate of drug-likeness (QED) is 0.688. The lowest BCUT2D eigenvalue weighted by Gasteiger charge is -2.28. The summed E-state index contributed by atoms with van der Waals surface area (Å²) in [6, 6.07) is 2.97. The molecule has 0 aliphatic heterocycles. The van der Waals surface area contributed by atoms with Gasteiger partial charge in [0.2, 0.25) is 0 Å². The molecule has 3 unspecified atom stereocenters. The maximum absolute atomic E-state index is 9.00. The van der Waals surface area contributed by atoms with E-state index in [2.05, 4.69) is 31.9 Å². The van der Waals surface area contributed by atoms with Crippen molar-refractivity contribution in [2.24, 2.45) is 11.8 Å². The van der Waals surface area contributed by atoms with Crippen LogP contribution in [0, 0.1) is 23.2 Å². The van der Waals surface area contributed by atoms with Crippen molar-refractivity contribution >= 4 is 0 Å². The normalized spacial score (nSPS) is 29.1. The van der Waals surface area contributed by atoms with Crippen LogP contribution < -0.4 is 0 Å². The Labute approximate surface area is 87.9 Å². The third-order valence-electron chi connectivity index (χ3n) is 3.51. The molecule has 0 saturated heterocycles. The highest BCUT2D eigenvalue weighted by molar-refractivity contribution is 4.96. The van der Waals surface area contributed by atoms with E-state index in [0.29, 0.717) is 6.04 Å². The molecule has 1 rings (SSSR count). The zero-order chi connectivity index (χ0) is 10.6. The van der Waals surface area contributed by atoms with Crippen molar-refractivity contribution in [2.75, 3.05) is 13.6 Å². The standard InChI is InChI=1S/C12H22N2/c1-4-10(2)9-14(3)12-7-5-6-11(12)8-13/h10-12H,4-7,9H2,1-3H3. The third kappa shape index (κ3) is 2.72. The molecular weight excluding hydrogens is 172 g/mol. The Kier molecular flexibility index (Phi) is 4.41. The van der Waals surface area contributed by atoms with Gasteiger partial charge in [-0.05, 0) is 25.8 Å². The molecule has 1 aliphatic rings. The molecule has 1 fully saturated rings.